The number of thioether (sulfide) groups is 1. The van der Waals surface area contributed by atoms with Gasteiger partial charge < -0.3 is 10.9 Å². The molecule has 2 rings (SSSR count). The first-order valence-corrected chi connectivity index (χ1v) is 7.56. The molecule has 0 fully saturated rings. The minimum absolute atomic E-state index is 0.114. The molecule has 9 heteroatoms. The van der Waals surface area contributed by atoms with Crippen molar-refractivity contribution < 1.29 is 9.90 Å². The summed E-state index contributed by atoms with van der Waals surface area (Å²) in [5.74, 6) is 5.29. The fraction of sp³-hybridized carbons (Fsp3) is 0.100. The number of carboxylic acid groups (broad SMARTS) is 1. The smallest absolute Gasteiger partial charge is 0.313 e. The van der Waals surface area contributed by atoms with E-state index in [1.165, 1.54) is 4.68 Å². The first kappa shape index (κ1) is 14.4. The second-order valence-corrected chi connectivity index (χ2v) is 6.20. The SMILES string of the molecule is Nn1c(SCC(=O)O)nnc1-c1ccc(Br)cc1Br. The Morgan fingerprint density at radius 3 is 2.79 bits per heavy atom. The van der Waals surface area contributed by atoms with Gasteiger partial charge in [-0.25, -0.2) is 4.68 Å². The molecule has 0 saturated carbocycles. The van der Waals surface area contributed by atoms with E-state index in [1.807, 2.05) is 18.2 Å². The van der Waals surface area contributed by atoms with Crippen molar-refractivity contribution >= 4 is 49.6 Å². The molecule has 1 aromatic heterocycles. The van der Waals surface area contributed by atoms with Crippen LogP contribution in [0.3, 0.4) is 0 Å². The molecule has 2 aromatic rings. The van der Waals surface area contributed by atoms with Gasteiger partial charge in [-0.3, -0.25) is 4.79 Å². The summed E-state index contributed by atoms with van der Waals surface area (Å²) in [6.07, 6.45) is 0. The number of benzene rings is 1. The summed E-state index contributed by atoms with van der Waals surface area (Å²) >= 11 is 7.80. The van der Waals surface area contributed by atoms with Crippen molar-refractivity contribution in [2.24, 2.45) is 0 Å². The van der Waals surface area contributed by atoms with Gasteiger partial charge in [0.2, 0.25) is 5.16 Å². The number of halogens is 2. The molecule has 0 amide bonds. The molecule has 0 aliphatic carbocycles. The maximum atomic E-state index is 10.5. The Bertz CT molecular complexity index is 632. The highest BCUT2D eigenvalue weighted by Gasteiger charge is 2.15. The normalized spacial score (nSPS) is 10.6. The van der Waals surface area contributed by atoms with Crippen molar-refractivity contribution in [3.8, 4) is 11.4 Å². The van der Waals surface area contributed by atoms with E-state index in [0.29, 0.717) is 11.0 Å². The summed E-state index contributed by atoms with van der Waals surface area (Å²) < 4.78 is 3.02. The first-order valence-electron chi connectivity index (χ1n) is 4.99. The minimum atomic E-state index is -0.931. The third kappa shape index (κ3) is 3.28. The number of carboxylic acids is 1. The lowest BCUT2D eigenvalue weighted by atomic mass is 10.2. The maximum Gasteiger partial charge on any atom is 0.313 e. The monoisotopic (exact) mass is 406 g/mol. The van der Waals surface area contributed by atoms with Crippen molar-refractivity contribution in [3.63, 3.8) is 0 Å². The van der Waals surface area contributed by atoms with Crippen molar-refractivity contribution in [3.05, 3.63) is 27.1 Å². The lowest BCUT2D eigenvalue weighted by molar-refractivity contribution is -0.133. The van der Waals surface area contributed by atoms with Crippen LogP contribution in [0.25, 0.3) is 11.4 Å². The zero-order valence-electron chi connectivity index (χ0n) is 9.38. The van der Waals surface area contributed by atoms with Gasteiger partial charge in [-0.2, -0.15) is 0 Å². The first-order chi connectivity index (χ1) is 8.99. The molecule has 1 aromatic carbocycles. The van der Waals surface area contributed by atoms with Crippen LogP contribution in [-0.2, 0) is 4.79 Å². The molecular formula is C10H8Br2N4O2S. The second kappa shape index (κ2) is 5.93. The van der Waals surface area contributed by atoms with E-state index in [9.17, 15) is 4.79 Å². The lowest BCUT2D eigenvalue weighted by Crippen LogP contribution is -2.12. The van der Waals surface area contributed by atoms with Crippen LogP contribution in [0.5, 0.6) is 0 Å². The maximum absolute atomic E-state index is 10.5. The number of aromatic nitrogens is 3. The van der Waals surface area contributed by atoms with Gasteiger partial charge in [-0.1, -0.05) is 27.7 Å². The number of carbonyl (C=O) groups is 1. The van der Waals surface area contributed by atoms with Gasteiger partial charge in [0, 0.05) is 14.5 Å². The molecule has 100 valence electrons. The average Bonchev–Trinajstić information content (AvgIpc) is 2.68. The second-order valence-electron chi connectivity index (χ2n) is 3.48. The van der Waals surface area contributed by atoms with Crippen LogP contribution in [0.4, 0.5) is 0 Å². The summed E-state index contributed by atoms with van der Waals surface area (Å²) in [6, 6.07) is 5.57. The zero-order valence-corrected chi connectivity index (χ0v) is 13.4. The van der Waals surface area contributed by atoms with E-state index in [4.69, 9.17) is 10.9 Å². The molecule has 0 unspecified atom stereocenters. The van der Waals surface area contributed by atoms with E-state index < -0.39 is 5.97 Å². The number of nitrogens with zero attached hydrogens (tertiary/aromatic N) is 3. The van der Waals surface area contributed by atoms with Crippen molar-refractivity contribution in [2.75, 3.05) is 11.6 Å². The van der Waals surface area contributed by atoms with Gasteiger partial charge >= 0.3 is 5.97 Å². The predicted molar refractivity (Wildman–Crippen MR) is 79.4 cm³/mol. The van der Waals surface area contributed by atoms with E-state index in [-0.39, 0.29) is 5.75 Å². The van der Waals surface area contributed by atoms with Gasteiger partial charge in [0.25, 0.3) is 0 Å². The van der Waals surface area contributed by atoms with Crippen molar-refractivity contribution in [2.45, 2.75) is 5.16 Å². The largest absolute Gasteiger partial charge is 0.481 e. The van der Waals surface area contributed by atoms with Crippen LogP contribution in [0.2, 0.25) is 0 Å². The van der Waals surface area contributed by atoms with E-state index in [0.717, 1.165) is 26.3 Å². The van der Waals surface area contributed by atoms with Gasteiger partial charge in [0.05, 0.1) is 5.75 Å². The van der Waals surface area contributed by atoms with Gasteiger partial charge in [0.15, 0.2) is 5.82 Å². The molecule has 0 aliphatic heterocycles. The fourth-order valence-electron chi connectivity index (χ4n) is 1.36. The summed E-state index contributed by atoms with van der Waals surface area (Å²) in [4.78, 5) is 10.5. The molecule has 0 bridgehead atoms. The van der Waals surface area contributed by atoms with Crippen LogP contribution in [-0.4, -0.2) is 31.7 Å². The standard InChI is InChI=1S/C10H8Br2N4O2S/c11-5-1-2-6(7(12)3-5)9-14-15-10(16(9)13)19-4-8(17)18/h1-3H,4,13H2,(H,17,18). The third-order valence-corrected chi connectivity index (χ3v) is 4.24. The van der Waals surface area contributed by atoms with Crippen LogP contribution >= 0.6 is 43.6 Å². The van der Waals surface area contributed by atoms with Gasteiger partial charge in [-0.05, 0) is 34.1 Å². The highest BCUT2D eigenvalue weighted by atomic mass is 79.9. The number of hydrogen-bond donors (Lipinski definition) is 2. The van der Waals surface area contributed by atoms with Gasteiger partial charge in [0.1, 0.15) is 0 Å². The lowest BCUT2D eigenvalue weighted by Gasteiger charge is -2.05. The Kier molecular flexibility index (Phi) is 4.48. The Labute approximate surface area is 129 Å². The summed E-state index contributed by atoms with van der Waals surface area (Å²) in [5, 5.41) is 16.9. The third-order valence-electron chi connectivity index (χ3n) is 2.16. The van der Waals surface area contributed by atoms with Gasteiger partial charge in [-0.15, -0.1) is 10.2 Å². The number of nitrogens with two attached hydrogens (primary N) is 1. The quantitative estimate of drug-likeness (QED) is 0.596. The van der Waals surface area contributed by atoms with Crippen LogP contribution < -0.4 is 5.84 Å². The van der Waals surface area contributed by atoms with Crippen molar-refractivity contribution in [1.82, 2.24) is 14.9 Å². The molecule has 0 aliphatic rings. The molecular weight excluding hydrogens is 400 g/mol. The summed E-state index contributed by atoms with van der Waals surface area (Å²) in [7, 11) is 0. The summed E-state index contributed by atoms with van der Waals surface area (Å²) in [6.45, 7) is 0. The molecule has 3 N–H and O–H groups in total. The molecule has 0 atom stereocenters. The average molecular weight is 408 g/mol. The topological polar surface area (TPSA) is 94.0 Å². The molecule has 6 nitrogen and oxygen atoms in total. The molecule has 1 heterocycles. The Morgan fingerprint density at radius 2 is 2.16 bits per heavy atom. The minimum Gasteiger partial charge on any atom is -0.481 e. The number of aliphatic carboxylic acids is 1. The fourth-order valence-corrected chi connectivity index (χ4v) is 3.16. The highest BCUT2D eigenvalue weighted by molar-refractivity contribution is 9.11. The van der Waals surface area contributed by atoms with E-state index in [2.05, 4.69) is 42.1 Å². The number of rotatable bonds is 4. The van der Waals surface area contributed by atoms with Crippen LogP contribution in [0.15, 0.2) is 32.3 Å². The molecule has 0 spiro atoms. The van der Waals surface area contributed by atoms with Crippen LogP contribution in [0, 0.1) is 0 Å². The van der Waals surface area contributed by atoms with Crippen molar-refractivity contribution in [1.29, 1.82) is 0 Å². The summed E-state index contributed by atoms with van der Waals surface area (Å²) in [5.41, 5.74) is 0.778. The highest BCUT2D eigenvalue weighted by Crippen LogP contribution is 2.30. The predicted octanol–water partition coefficient (Wildman–Crippen LogP) is 2.36. The zero-order chi connectivity index (χ0) is 14.0. The number of nitrogen functional groups attached to an aromatic ring is 1. The Morgan fingerprint density at radius 1 is 1.42 bits per heavy atom. The van der Waals surface area contributed by atoms with Crippen LogP contribution in [0.1, 0.15) is 0 Å². The van der Waals surface area contributed by atoms with E-state index in [1.54, 1.807) is 0 Å². The molecule has 0 saturated heterocycles. The Balaban J connectivity index is 2.33. The van der Waals surface area contributed by atoms with E-state index >= 15 is 0 Å². The molecule has 19 heavy (non-hydrogen) atoms. The number of hydrogen-bond acceptors (Lipinski definition) is 5. The molecule has 0 radical (unpaired) electrons. The Hall–Kier alpha value is -1.06.